The van der Waals surface area contributed by atoms with Gasteiger partial charge in [-0.3, -0.25) is 19.9 Å². The lowest BCUT2D eigenvalue weighted by Gasteiger charge is -2.32. The van der Waals surface area contributed by atoms with Crippen molar-refractivity contribution in [1.82, 2.24) is 19.7 Å². The van der Waals surface area contributed by atoms with E-state index in [1.807, 2.05) is 18.2 Å². The van der Waals surface area contributed by atoms with Gasteiger partial charge in [0.2, 0.25) is 11.8 Å². The number of hydrogen-bond donors (Lipinski definition) is 3. The van der Waals surface area contributed by atoms with Crippen LogP contribution in [0.1, 0.15) is 77.0 Å². The molecular weight excluding hydrogens is 520 g/mol. The molecule has 0 unspecified atom stereocenters. The quantitative estimate of drug-likeness (QED) is 0.194. The first-order chi connectivity index (χ1) is 19.7. The van der Waals surface area contributed by atoms with Crippen LogP contribution in [0.2, 0.25) is 0 Å². The number of nitrogens with one attached hydrogen (secondary N) is 2. The van der Waals surface area contributed by atoms with Crippen molar-refractivity contribution in [1.29, 1.82) is 5.41 Å². The molecular formula is C31H46N6O4. The molecule has 2 aliphatic rings. The van der Waals surface area contributed by atoms with Crippen LogP contribution in [-0.4, -0.2) is 82.4 Å². The van der Waals surface area contributed by atoms with E-state index < -0.39 is 12.0 Å². The topological polar surface area (TPSA) is 134 Å². The summed E-state index contributed by atoms with van der Waals surface area (Å²) in [6.45, 7) is 8.61. The van der Waals surface area contributed by atoms with Gasteiger partial charge in [-0.25, -0.2) is 4.79 Å². The van der Waals surface area contributed by atoms with Crippen LogP contribution in [-0.2, 0) is 32.1 Å². The second-order valence-corrected chi connectivity index (χ2v) is 11.3. The Morgan fingerprint density at radius 1 is 1.12 bits per heavy atom. The van der Waals surface area contributed by atoms with E-state index in [0.717, 1.165) is 81.0 Å². The molecule has 0 bridgehead atoms. The molecule has 2 amide bonds. The second kappa shape index (κ2) is 14.0. The van der Waals surface area contributed by atoms with E-state index in [9.17, 15) is 14.4 Å². The number of carbonyl (C=O) groups is 3. The Morgan fingerprint density at radius 2 is 1.90 bits per heavy atom. The fraction of sp³-hybridized carbons (Fsp3) is 0.613. The van der Waals surface area contributed by atoms with Crippen LogP contribution in [0, 0.1) is 5.41 Å². The average Bonchev–Trinajstić information content (AvgIpc) is 3.68. The van der Waals surface area contributed by atoms with Gasteiger partial charge in [-0.05, 0) is 82.4 Å². The molecule has 0 spiro atoms. The summed E-state index contributed by atoms with van der Waals surface area (Å²) in [5.41, 5.74) is 8.86. The second-order valence-electron chi connectivity index (χ2n) is 11.3. The SMILES string of the molecule is CCCn1c(CC[C@@H]2CCCN2C(=O)[C@H]2CCCN2CC[C@H](NC(C)=O)C(=O)OCC)cc2ccc(C(=N)N)cc21. The number of ether oxygens (including phenoxy) is 1. The molecule has 2 aliphatic heterocycles. The summed E-state index contributed by atoms with van der Waals surface area (Å²) in [6, 6.07) is 7.51. The smallest absolute Gasteiger partial charge is 0.328 e. The van der Waals surface area contributed by atoms with E-state index in [-0.39, 0.29) is 36.3 Å². The summed E-state index contributed by atoms with van der Waals surface area (Å²) in [5.74, 6) is -0.431. The maximum atomic E-state index is 13.8. The van der Waals surface area contributed by atoms with Crippen molar-refractivity contribution in [2.75, 3.05) is 26.2 Å². The van der Waals surface area contributed by atoms with Crippen LogP contribution >= 0.6 is 0 Å². The molecule has 2 aromatic rings. The standard InChI is InChI=1S/C31H46N6O4/c1-4-15-36-25(19-22-10-11-23(29(32)33)20-28(22)36)13-12-24-8-6-17-37(24)30(39)27-9-7-16-35(27)18-14-26(34-21(3)38)31(40)41-5-2/h10-11,19-20,24,26-27H,4-9,12-18H2,1-3H3,(H3,32,33)(H,34,38)/t24-,26-,27+/m0/s1. The average molecular weight is 567 g/mol. The molecule has 4 rings (SSSR count). The number of likely N-dealkylation sites (tertiary alicyclic amines) is 2. The number of hydrogen-bond acceptors (Lipinski definition) is 6. The summed E-state index contributed by atoms with van der Waals surface area (Å²) in [4.78, 5) is 42.1. The molecule has 0 aliphatic carbocycles. The highest BCUT2D eigenvalue weighted by atomic mass is 16.5. The number of amides is 2. The van der Waals surface area contributed by atoms with Gasteiger partial charge in [0.05, 0.1) is 12.6 Å². The Hall–Kier alpha value is -3.40. The molecule has 10 heteroatoms. The number of nitrogen functional groups attached to an aromatic ring is 1. The molecule has 41 heavy (non-hydrogen) atoms. The van der Waals surface area contributed by atoms with Crippen molar-refractivity contribution < 1.29 is 19.1 Å². The number of aromatic nitrogens is 1. The van der Waals surface area contributed by atoms with E-state index >= 15 is 0 Å². The Labute approximate surface area is 243 Å². The zero-order chi connectivity index (χ0) is 29.5. The van der Waals surface area contributed by atoms with Crippen LogP contribution in [0.3, 0.4) is 0 Å². The van der Waals surface area contributed by atoms with Gasteiger partial charge in [0, 0.05) is 49.4 Å². The van der Waals surface area contributed by atoms with Crippen molar-refractivity contribution in [3.63, 3.8) is 0 Å². The van der Waals surface area contributed by atoms with E-state index in [2.05, 4.69) is 32.7 Å². The molecule has 10 nitrogen and oxygen atoms in total. The highest BCUT2D eigenvalue weighted by Crippen LogP contribution is 2.29. The first-order valence-electron chi connectivity index (χ1n) is 15.2. The number of carbonyl (C=O) groups excluding carboxylic acids is 3. The predicted molar refractivity (Wildman–Crippen MR) is 160 cm³/mol. The summed E-state index contributed by atoms with van der Waals surface area (Å²) < 4.78 is 7.49. The summed E-state index contributed by atoms with van der Waals surface area (Å²) in [6.07, 6.45) is 6.99. The molecule has 4 N–H and O–H groups in total. The Bertz CT molecular complexity index is 1260. The predicted octanol–water partition coefficient (Wildman–Crippen LogP) is 3.18. The molecule has 2 saturated heterocycles. The van der Waals surface area contributed by atoms with Crippen LogP contribution in [0.25, 0.3) is 10.9 Å². The molecule has 0 saturated carbocycles. The monoisotopic (exact) mass is 566 g/mol. The number of rotatable bonds is 13. The number of nitrogens with zero attached hydrogens (tertiary/aromatic N) is 3. The third kappa shape index (κ3) is 7.28. The maximum absolute atomic E-state index is 13.8. The molecule has 1 aromatic heterocycles. The normalized spacial score (nSPS) is 19.9. The molecule has 3 atom stereocenters. The minimum Gasteiger partial charge on any atom is -0.464 e. The van der Waals surface area contributed by atoms with Crippen molar-refractivity contribution in [2.24, 2.45) is 5.73 Å². The zero-order valence-corrected chi connectivity index (χ0v) is 24.8. The fourth-order valence-corrected chi connectivity index (χ4v) is 6.51. The first-order valence-corrected chi connectivity index (χ1v) is 15.2. The first kappa shape index (κ1) is 30.6. The third-order valence-corrected chi connectivity index (χ3v) is 8.44. The number of nitrogens with two attached hydrogens (primary N) is 1. The maximum Gasteiger partial charge on any atom is 0.328 e. The number of amidine groups is 1. The Kier molecular flexibility index (Phi) is 10.4. The van der Waals surface area contributed by atoms with Gasteiger partial charge in [-0.2, -0.15) is 0 Å². The number of benzene rings is 1. The number of aryl methyl sites for hydroxylation is 2. The Balaban J connectivity index is 1.41. The fourth-order valence-electron chi connectivity index (χ4n) is 6.51. The minimum absolute atomic E-state index is 0.0743. The van der Waals surface area contributed by atoms with Crippen LogP contribution in [0.4, 0.5) is 0 Å². The van der Waals surface area contributed by atoms with Gasteiger partial charge < -0.3 is 25.3 Å². The molecule has 2 fully saturated rings. The number of esters is 1. The summed E-state index contributed by atoms with van der Waals surface area (Å²) in [5, 5.41) is 11.7. The van der Waals surface area contributed by atoms with Gasteiger partial charge in [0.15, 0.2) is 0 Å². The lowest BCUT2D eigenvalue weighted by molar-refractivity contribution is -0.147. The van der Waals surface area contributed by atoms with E-state index in [4.69, 9.17) is 15.9 Å². The lowest BCUT2D eigenvalue weighted by atomic mass is 10.1. The van der Waals surface area contributed by atoms with E-state index in [0.29, 0.717) is 13.0 Å². The van der Waals surface area contributed by atoms with Crippen LogP contribution in [0.15, 0.2) is 24.3 Å². The van der Waals surface area contributed by atoms with Gasteiger partial charge >= 0.3 is 5.97 Å². The van der Waals surface area contributed by atoms with Crippen LogP contribution in [0.5, 0.6) is 0 Å². The molecule has 224 valence electrons. The highest BCUT2D eigenvalue weighted by Gasteiger charge is 2.38. The van der Waals surface area contributed by atoms with Crippen molar-refractivity contribution >= 4 is 34.5 Å². The van der Waals surface area contributed by atoms with Gasteiger partial charge in [0.1, 0.15) is 11.9 Å². The Morgan fingerprint density at radius 3 is 2.61 bits per heavy atom. The summed E-state index contributed by atoms with van der Waals surface area (Å²) >= 11 is 0. The molecule has 3 heterocycles. The van der Waals surface area contributed by atoms with Gasteiger partial charge in [-0.1, -0.05) is 19.1 Å². The highest BCUT2D eigenvalue weighted by molar-refractivity contribution is 5.98. The van der Waals surface area contributed by atoms with Crippen molar-refractivity contribution in [3.05, 3.63) is 35.5 Å². The number of fused-ring (bicyclic) bond motifs is 1. The van der Waals surface area contributed by atoms with Gasteiger partial charge in [-0.15, -0.1) is 0 Å². The van der Waals surface area contributed by atoms with Gasteiger partial charge in [0.25, 0.3) is 0 Å². The summed E-state index contributed by atoms with van der Waals surface area (Å²) in [7, 11) is 0. The molecule has 1 aromatic carbocycles. The lowest BCUT2D eigenvalue weighted by Crippen LogP contribution is -2.49. The van der Waals surface area contributed by atoms with Crippen molar-refractivity contribution in [2.45, 2.75) is 96.8 Å². The van der Waals surface area contributed by atoms with E-state index in [1.165, 1.54) is 12.6 Å². The van der Waals surface area contributed by atoms with E-state index in [1.54, 1.807) is 6.92 Å². The van der Waals surface area contributed by atoms with Crippen molar-refractivity contribution in [3.8, 4) is 0 Å². The largest absolute Gasteiger partial charge is 0.464 e. The third-order valence-electron chi connectivity index (χ3n) is 8.44. The minimum atomic E-state index is -0.704. The van der Waals surface area contributed by atoms with Crippen LogP contribution < -0.4 is 11.1 Å². The zero-order valence-electron chi connectivity index (χ0n) is 24.8. The molecule has 0 radical (unpaired) electrons.